The maximum atomic E-state index is 13.9. The van der Waals surface area contributed by atoms with Gasteiger partial charge in [-0.1, -0.05) is 0 Å². The van der Waals surface area contributed by atoms with E-state index in [-0.39, 0.29) is 48.2 Å². The van der Waals surface area contributed by atoms with E-state index in [1.54, 1.807) is 21.3 Å². The number of likely N-dealkylation sites (tertiary alicyclic amines) is 1. The van der Waals surface area contributed by atoms with Gasteiger partial charge in [0.05, 0.1) is 31.0 Å². The Morgan fingerprint density at radius 1 is 1.09 bits per heavy atom. The number of carbonyl (C=O) groups is 1. The zero-order valence-corrected chi connectivity index (χ0v) is 20.0. The molecule has 0 amide bonds. The maximum absolute atomic E-state index is 13.9. The predicted octanol–water partition coefficient (Wildman–Crippen LogP) is -1.08. The number of ether oxygens (including phenoxy) is 4. The molecule has 6 fully saturated rings. The van der Waals surface area contributed by atoms with Gasteiger partial charge < -0.3 is 39.2 Å². The summed E-state index contributed by atoms with van der Waals surface area (Å²) in [4.78, 5) is 16.1. The first-order valence-electron chi connectivity index (χ1n) is 12.1. The lowest BCUT2D eigenvalue weighted by molar-refractivity contribution is -0.277. The van der Waals surface area contributed by atoms with Gasteiger partial charge in [-0.05, 0) is 19.4 Å². The van der Waals surface area contributed by atoms with Gasteiger partial charge >= 0.3 is 0 Å². The SMILES string of the molecule is COC[C@@]12CN(C)C3C4[C@H]5C(=O)[C@@H](OC)[C@@]6(O)C[C@H]([C@@H]5[C@H]6O)C3([C@@H](OC)C[C@H]1O)[C@@H]2[C@H]4OC. The van der Waals surface area contributed by atoms with Gasteiger partial charge in [-0.3, -0.25) is 4.79 Å². The zero-order chi connectivity index (χ0) is 23.7. The highest BCUT2D eigenvalue weighted by Gasteiger charge is 2.87. The standard InChI is InChI=1S/C24H37NO8/c1-25-8-22(9-30-2)11(26)6-12(31-3)24-10-7-23(29)20(28)13(10)14(16(27)21(23)33-5)15(19(24)25)17(32-4)18(22)24/h10-15,17-21,26,28-29H,6-9H2,1-5H3/t10-,11-,12+,13+,14+,15?,17+,18-,19?,20-,21-,22+,23-,24?/m1/s1. The van der Waals surface area contributed by atoms with Crippen LogP contribution in [0, 0.1) is 40.4 Å². The summed E-state index contributed by atoms with van der Waals surface area (Å²) in [6.45, 7) is 0.995. The van der Waals surface area contributed by atoms with Crippen LogP contribution >= 0.6 is 0 Å². The molecule has 3 N–H and O–H groups in total. The number of Topliss-reactive ketones (excluding diaryl/α,β-unsaturated/α-hetero) is 1. The van der Waals surface area contributed by atoms with E-state index >= 15 is 0 Å². The lowest BCUT2D eigenvalue weighted by Gasteiger charge is -2.68. The number of carbonyl (C=O) groups excluding carboxylic acids is 1. The van der Waals surface area contributed by atoms with Crippen molar-refractivity contribution in [1.82, 2.24) is 4.90 Å². The monoisotopic (exact) mass is 467 g/mol. The highest BCUT2D eigenvalue weighted by molar-refractivity contribution is 5.90. The van der Waals surface area contributed by atoms with Gasteiger partial charge in [-0.2, -0.15) is 0 Å². The zero-order valence-electron chi connectivity index (χ0n) is 20.0. The quantitative estimate of drug-likeness (QED) is 0.464. The molecule has 186 valence electrons. The largest absolute Gasteiger partial charge is 0.392 e. The van der Waals surface area contributed by atoms with Crippen LogP contribution in [0.4, 0.5) is 0 Å². The molecule has 14 atom stereocenters. The van der Waals surface area contributed by atoms with Crippen molar-refractivity contribution in [2.75, 3.05) is 48.6 Å². The lowest BCUT2D eigenvalue weighted by atomic mass is 9.43. The second kappa shape index (κ2) is 6.97. The number of hydrogen-bond donors (Lipinski definition) is 3. The average Bonchev–Trinajstić information content (AvgIpc) is 3.11. The van der Waals surface area contributed by atoms with Crippen molar-refractivity contribution in [3.63, 3.8) is 0 Å². The third-order valence-corrected chi connectivity index (χ3v) is 11.0. The van der Waals surface area contributed by atoms with Gasteiger partial charge in [0.1, 0.15) is 11.7 Å². The van der Waals surface area contributed by atoms with Crippen LogP contribution in [0.25, 0.3) is 0 Å². The van der Waals surface area contributed by atoms with Crippen LogP contribution in [0.3, 0.4) is 0 Å². The summed E-state index contributed by atoms with van der Waals surface area (Å²) in [5.41, 5.74) is -2.72. The molecule has 3 unspecified atom stereocenters. The van der Waals surface area contributed by atoms with Crippen LogP contribution in [-0.4, -0.2) is 117 Å². The Morgan fingerprint density at radius 2 is 1.82 bits per heavy atom. The smallest absolute Gasteiger partial charge is 0.168 e. The second-order valence-corrected chi connectivity index (χ2v) is 11.6. The Hall–Kier alpha value is -0.650. The molecule has 1 heterocycles. The minimum Gasteiger partial charge on any atom is -0.392 e. The number of fused-ring (bicyclic) bond motifs is 2. The Labute approximate surface area is 194 Å². The number of hydrogen-bond acceptors (Lipinski definition) is 9. The first-order chi connectivity index (χ1) is 15.7. The molecular weight excluding hydrogens is 430 g/mol. The average molecular weight is 468 g/mol. The topological polar surface area (TPSA) is 118 Å². The number of methoxy groups -OCH3 is 4. The van der Waals surface area contributed by atoms with E-state index in [9.17, 15) is 20.1 Å². The van der Waals surface area contributed by atoms with Crippen molar-refractivity contribution in [1.29, 1.82) is 0 Å². The van der Waals surface area contributed by atoms with Crippen LogP contribution in [-0.2, 0) is 23.7 Å². The Balaban J connectivity index is 1.65. The van der Waals surface area contributed by atoms with Gasteiger partial charge in [-0.15, -0.1) is 0 Å². The third-order valence-electron chi connectivity index (χ3n) is 11.0. The van der Waals surface area contributed by atoms with Gasteiger partial charge in [0.25, 0.3) is 0 Å². The van der Waals surface area contributed by atoms with Crippen molar-refractivity contribution in [3.8, 4) is 0 Å². The second-order valence-electron chi connectivity index (χ2n) is 11.6. The van der Waals surface area contributed by atoms with Crippen LogP contribution in [0.1, 0.15) is 12.8 Å². The van der Waals surface area contributed by atoms with Crippen molar-refractivity contribution < 1.29 is 39.1 Å². The number of nitrogens with zero attached hydrogens (tertiary/aromatic N) is 1. The van der Waals surface area contributed by atoms with Gasteiger partial charge in [0.2, 0.25) is 0 Å². The fraction of sp³-hybridized carbons (Fsp3) is 0.958. The molecule has 6 rings (SSSR count). The first-order valence-corrected chi connectivity index (χ1v) is 12.1. The number of rotatable bonds is 5. The lowest BCUT2D eigenvalue weighted by Crippen LogP contribution is -2.76. The Bertz CT molecular complexity index is 856. The van der Waals surface area contributed by atoms with Crippen LogP contribution < -0.4 is 0 Å². The van der Waals surface area contributed by atoms with E-state index in [2.05, 4.69) is 11.9 Å². The summed E-state index contributed by atoms with van der Waals surface area (Å²) >= 11 is 0. The van der Waals surface area contributed by atoms with E-state index in [1.165, 1.54) is 7.11 Å². The van der Waals surface area contributed by atoms with Crippen molar-refractivity contribution >= 4 is 5.78 Å². The summed E-state index contributed by atoms with van der Waals surface area (Å²) < 4.78 is 23.7. The van der Waals surface area contributed by atoms with Crippen LogP contribution in [0.2, 0.25) is 0 Å². The van der Waals surface area contributed by atoms with Crippen LogP contribution in [0.15, 0.2) is 0 Å². The molecule has 7 bridgehead atoms. The highest BCUT2D eigenvalue weighted by Crippen LogP contribution is 2.78. The van der Waals surface area contributed by atoms with E-state index in [0.717, 1.165) is 0 Å². The normalized spacial score (nSPS) is 61.0. The summed E-state index contributed by atoms with van der Waals surface area (Å²) in [6, 6.07) is -0.0322. The van der Waals surface area contributed by atoms with E-state index in [4.69, 9.17) is 18.9 Å². The molecular formula is C24H37NO8. The van der Waals surface area contributed by atoms with Crippen molar-refractivity contribution in [2.45, 2.75) is 55.0 Å². The van der Waals surface area contributed by atoms with Gasteiger partial charge in [0, 0.05) is 81.9 Å². The molecule has 1 aliphatic heterocycles. The Morgan fingerprint density at radius 3 is 2.42 bits per heavy atom. The fourth-order valence-corrected chi connectivity index (χ4v) is 10.7. The highest BCUT2D eigenvalue weighted by atomic mass is 16.5. The Kier molecular flexibility index (Phi) is 4.82. The summed E-state index contributed by atoms with van der Waals surface area (Å²) in [5, 5.41) is 34.7. The molecule has 0 aromatic rings. The number of aliphatic hydroxyl groups is 3. The number of aliphatic hydroxyl groups excluding tert-OH is 2. The van der Waals surface area contributed by atoms with Gasteiger partial charge in [-0.25, -0.2) is 0 Å². The first kappa shape index (κ1) is 22.8. The molecule has 0 aromatic carbocycles. The van der Waals surface area contributed by atoms with E-state index < -0.39 is 46.6 Å². The molecule has 5 aliphatic carbocycles. The molecule has 0 aromatic heterocycles. The molecule has 5 saturated carbocycles. The predicted molar refractivity (Wildman–Crippen MR) is 114 cm³/mol. The minimum absolute atomic E-state index is 0.0322. The molecule has 33 heavy (non-hydrogen) atoms. The molecule has 9 nitrogen and oxygen atoms in total. The van der Waals surface area contributed by atoms with Gasteiger partial charge in [0.15, 0.2) is 5.78 Å². The number of piperidine rings is 1. The fourth-order valence-electron chi connectivity index (χ4n) is 10.7. The van der Waals surface area contributed by atoms with Crippen LogP contribution in [0.5, 0.6) is 0 Å². The number of ketones is 1. The molecule has 9 heteroatoms. The van der Waals surface area contributed by atoms with E-state index in [0.29, 0.717) is 19.6 Å². The summed E-state index contributed by atoms with van der Waals surface area (Å²) in [7, 11) is 8.52. The molecule has 6 aliphatic rings. The molecule has 1 spiro atoms. The third kappa shape index (κ3) is 2.18. The maximum Gasteiger partial charge on any atom is 0.168 e. The molecule has 1 saturated heterocycles. The summed E-state index contributed by atoms with van der Waals surface area (Å²) in [6.07, 6.45) is -2.66. The van der Waals surface area contributed by atoms with E-state index in [1.807, 2.05) is 0 Å². The summed E-state index contributed by atoms with van der Waals surface area (Å²) in [5.74, 6) is -1.51. The molecule has 0 radical (unpaired) electrons. The minimum atomic E-state index is -1.62. The van der Waals surface area contributed by atoms with Crippen molar-refractivity contribution in [3.05, 3.63) is 0 Å². The van der Waals surface area contributed by atoms with Crippen molar-refractivity contribution in [2.24, 2.45) is 40.4 Å².